The molecule has 0 fully saturated rings. The van der Waals surface area contributed by atoms with Crippen LogP contribution < -0.4 is 5.32 Å². The second kappa shape index (κ2) is 3.73. The summed E-state index contributed by atoms with van der Waals surface area (Å²) < 4.78 is 2.04. The lowest BCUT2D eigenvalue weighted by Gasteiger charge is -2.04. The molecule has 0 bridgehead atoms. The summed E-state index contributed by atoms with van der Waals surface area (Å²) in [6.45, 7) is 2.88. The average molecular weight is 203 g/mol. The number of rotatable bonds is 3. The number of aldehydes is 1. The van der Waals surface area contributed by atoms with Crippen molar-refractivity contribution in [2.24, 2.45) is 0 Å². The molecule has 78 valence electrons. The SMILES string of the molecule is CCn1c(NC)nc2ccc(C=O)cc21. The number of hydrogen-bond donors (Lipinski definition) is 1. The van der Waals surface area contributed by atoms with Gasteiger partial charge in [-0.2, -0.15) is 0 Å². The van der Waals surface area contributed by atoms with E-state index in [2.05, 4.69) is 17.2 Å². The summed E-state index contributed by atoms with van der Waals surface area (Å²) in [6.07, 6.45) is 0.853. The monoisotopic (exact) mass is 203 g/mol. The molecule has 15 heavy (non-hydrogen) atoms. The van der Waals surface area contributed by atoms with Crippen LogP contribution >= 0.6 is 0 Å². The van der Waals surface area contributed by atoms with Crippen LogP contribution in [0.5, 0.6) is 0 Å². The van der Waals surface area contributed by atoms with E-state index in [-0.39, 0.29) is 0 Å². The second-order valence-electron chi connectivity index (χ2n) is 3.30. The standard InChI is InChI=1S/C11H13N3O/c1-3-14-10-6-8(7-15)4-5-9(10)13-11(14)12-2/h4-7H,3H2,1-2H3,(H,12,13). The number of imidazole rings is 1. The first-order chi connectivity index (χ1) is 7.30. The molecular formula is C11H13N3O. The quantitative estimate of drug-likeness (QED) is 0.775. The molecule has 1 N–H and O–H groups in total. The van der Waals surface area contributed by atoms with Gasteiger partial charge in [0.15, 0.2) is 0 Å². The Kier molecular flexibility index (Phi) is 2.41. The Labute approximate surface area is 87.9 Å². The fourth-order valence-electron chi connectivity index (χ4n) is 1.72. The number of nitrogens with zero attached hydrogens (tertiary/aromatic N) is 2. The largest absolute Gasteiger partial charge is 0.359 e. The Morgan fingerprint density at radius 2 is 2.33 bits per heavy atom. The molecule has 2 rings (SSSR count). The van der Waals surface area contributed by atoms with Crippen LogP contribution in [0.3, 0.4) is 0 Å². The first-order valence-electron chi connectivity index (χ1n) is 4.93. The summed E-state index contributed by atoms with van der Waals surface area (Å²) in [4.78, 5) is 15.1. The summed E-state index contributed by atoms with van der Waals surface area (Å²) in [5, 5.41) is 3.04. The highest BCUT2D eigenvalue weighted by molar-refractivity contribution is 5.86. The third kappa shape index (κ3) is 1.48. The van der Waals surface area contributed by atoms with E-state index in [1.807, 2.05) is 23.7 Å². The van der Waals surface area contributed by atoms with Crippen molar-refractivity contribution in [1.82, 2.24) is 9.55 Å². The molecule has 0 aliphatic rings. The number of carbonyl (C=O) groups is 1. The van der Waals surface area contributed by atoms with Crippen molar-refractivity contribution in [1.29, 1.82) is 0 Å². The highest BCUT2D eigenvalue weighted by atomic mass is 16.1. The van der Waals surface area contributed by atoms with Crippen LogP contribution in [0.1, 0.15) is 17.3 Å². The molecular weight excluding hydrogens is 190 g/mol. The smallest absolute Gasteiger partial charge is 0.203 e. The van der Waals surface area contributed by atoms with E-state index in [0.717, 1.165) is 29.8 Å². The zero-order chi connectivity index (χ0) is 10.8. The molecule has 2 aromatic rings. The lowest BCUT2D eigenvalue weighted by Crippen LogP contribution is -2.01. The molecule has 4 heteroatoms. The van der Waals surface area contributed by atoms with E-state index in [0.29, 0.717) is 5.56 Å². The average Bonchev–Trinajstić information content (AvgIpc) is 2.65. The van der Waals surface area contributed by atoms with Crippen molar-refractivity contribution in [3.63, 3.8) is 0 Å². The summed E-state index contributed by atoms with van der Waals surface area (Å²) in [5.74, 6) is 0.829. The predicted octanol–water partition coefficient (Wildman–Crippen LogP) is 1.91. The van der Waals surface area contributed by atoms with Crippen LogP contribution in [-0.4, -0.2) is 22.9 Å². The number of benzene rings is 1. The van der Waals surface area contributed by atoms with Gasteiger partial charge in [-0.15, -0.1) is 0 Å². The molecule has 0 spiro atoms. The van der Waals surface area contributed by atoms with E-state index >= 15 is 0 Å². The molecule has 0 aliphatic carbocycles. The minimum Gasteiger partial charge on any atom is -0.359 e. The van der Waals surface area contributed by atoms with Crippen molar-refractivity contribution in [3.8, 4) is 0 Å². The molecule has 0 aliphatic heterocycles. The van der Waals surface area contributed by atoms with E-state index in [9.17, 15) is 4.79 Å². The molecule has 0 amide bonds. The van der Waals surface area contributed by atoms with E-state index in [4.69, 9.17) is 0 Å². The summed E-state index contributed by atoms with van der Waals surface area (Å²) >= 11 is 0. The van der Waals surface area contributed by atoms with E-state index in [1.54, 1.807) is 6.07 Å². The van der Waals surface area contributed by atoms with Crippen LogP contribution in [0, 0.1) is 0 Å². The third-order valence-corrected chi connectivity index (χ3v) is 2.45. The molecule has 1 aromatic carbocycles. The minimum absolute atomic E-state index is 0.680. The molecule has 1 aromatic heterocycles. The summed E-state index contributed by atoms with van der Waals surface area (Å²) in [5.41, 5.74) is 2.58. The Morgan fingerprint density at radius 1 is 1.53 bits per heavy atom. The number of fused-ring (bicyclic) bond motifs is 1. The van der Waals surface area contributed by atoms with Crippen LogP contribution in [0.4, 0.5) is 5.95 Å². The minimum atomic E-state index is 0.680. The van der Waals surface area contributed by atoms with Crippen molar-refractivity contribution in [3.05, 3.63) is 23.8 Å². The van der Waals surface area contributed by atoms with Gasteiger partial charge in [-0.05, 0) is 25.1 Å². The molecule has 0 radical (unpaired) electrons. The highest BCUT2D eigenvalue weighted by Gasteiger charge is 2.07. The highest BCUT2D eigenvalue weighted by Crippen LogP contribution is 2.20. The van der Waals surface area contributed by atoms with Gasteiger partial charge in [-0.3, -0.25) is 4.79 Å². The number of aryl methyl sites for hydroxylation is 1. The maximum atomic E-state index is 10.7. The van der Waals surface area contributed by atoms with Crippen molar-refractivity contribution in [2.45, 2.75) is 13.5 Å². The first-order valence-corrected chi connectivity index (χ1v) is 4.93. The fourth-order valence-corrected chi connectivity index (χ4v) is 1.72. The topological polar surface area (TPSA) is 46.9 Å². The van der Waals surface area contributed by atoms with Crippen molar-refractivity contribution >= 4 is 23.3 Å². The van der Waals surface area contributed by atoms with Gasteiger partial charge in [-0.1, -0.05) is 0 Å². The van der Waals surface area contributed by atoms with Gasteiger partial charge in [-0.25, -0.2) is 4.98 Å². The van der Waals surface area contributed by atoms with Gasteiger partial charge in [0.2, 0.25) is 5.95 Å². The Balaban J connectivity index is 2.72. The lowest BCUT2D eigenvalue weighted by atomic mass is 10.2. The van der Waals surface area contributed by atoms with Crippen LogP contribution in [-0.2, 0) is 6.54 Å². The van der Waals surface area contributed by atoms with Crippen LogP contribution in [0.2, 0.25) is 0 Å². The third-order valence-electron chi connectivity index (χ3n) is 2.45. The number of hydrogen-bond acceptors (Lipinski definition) is 3. The van der Waals surface area contributed by atoms with Crippen molar-refractivity contribution < 1.29 is 4.79 Å². The van der Waals surface area contributed by atoms with E-state index < -0.39 is 0 Å². The number of anilines is 1. The van der Waals surface area contributed by atoms with Crippen LogP contribution in [0.15, 0.2) is 18.2 Å². The summed E-state index contributed by atoms with van der Waals surface area (Å²) in [7, 11) is 1.84. The van der Waals surface area contributed by atoms with Crippen molar-refractivity contribution in [2.75, 3.05) is 12.4 Å². The zero-order valence-electron chi connectivity index (χ0n) is 8.82. The first kappa shape index (κ1) is 9.71. The van der Waals surface area contributed by atoms with Gasteiger partial charge in [0, 0.05) is 19.2 Å². The molecule has 4 nitrogen and oxygen atoms in total. The second-order valence-corrected chi connectivity index (χ2v) is 3.30. The number of aromatic nitrogens is 2. The van der Waals surface area contributed by atoms with Gasteiger partial charge in [0.25, 0.3) is 0 Å². The van der Waals surface area contributed by atoms with Gasteiger partial charge in [0.05, 0.1) is 11.0 Å². The Bertz CT molecular complexity index is 502. The maximum Gasteiger partial charge on any atom is 0.203 e. The molecule has 0 unspecified atom stereocenters. The molecule has 1 heterocycles. The Morgan fingerprint density at radius 3 is 2.93 bits per heavy atom. The van der Waals surface area contributed by atoms with Gasteiger partial charge < -0.3 is 9.88 Å². The molecule has 0 atom stereocenters. The molecule has 0 saturated heterocycles. The number of carbonyl (C=O) groups excluding carboxylic acids is 1. The van der Waals surface area contributed by atoms with E-state index in [1.165, 1.54) is 0 Å². The summed E-state index contributed by atoms with van der Waals surface area (Å²) in [6, 6.07) is 5.51. The molecule has 0 saturated carbocycles. The van der Waals surface area contributed by atoms with Gasteiger partial charge in [0.1, 0.15) is 6.29 Å². The normalized spacial score (nSPS) is 10.5. The zero-order valence-corrected chi connectivity index (χ0v) is 8.82. The maximum absolute atomic E-state index is 10.7. The Hall–Kier alpha value is -1.84. The predicted molar refractivity (Wildman–Crippen MR) is 60.3 cm³/mol. The lowest BCUT2D eigenvalue weighted by molar-refractivity contribution is 0.112. The van der Waals surface area contributed by atoms with Gasteiger partial charge >= 0.3 is 0 Å². The number of nitrogens with one attached hydrogen (secondary N) is 1. The van der Waals surface area contributed by atoms with Crippen LogP contribution in [0.25, 0.3) is 11.0 Å². The fraction of sp³-hybridized carbons (Fsp3) is 0.273.